The van der Waals surface area contributed by atoms with Crippen molar-refractivity contribution in [3.63, 3.8) is 0 Å². The molecule has 1 unspecified atom stereocenters. The van der Waals surface area contributed by atoms with Crippen molar-refractivity contribution in [3.8, 4) is 0 Å². The number of rotatable bonds is 4. The van der Waals surface area contributed by atoms with Gasteiger partial charge in [0.25, 0.3) is 10.0 Å². The number of carbonyl (C=O) groups is 1. The number of amides is 1. The first kappa shape index (κ1) is 15.9. The first-order valence-electron chi connectivity index (χ1n) is 6.03. The fourth-order valence-corrected chi connectivity index (χ4v) is 5.81. The summed E-state index contributed by atoms with van der Waals surface area (Å²) in [5.74, 6) is -0.651. The highest BCUT2D eigenvalue weighted by Crippen LogP contribution is 2.30. The third kappa shape index (κ3) is 3.40. The molecule has 9 heteroatoms. The van der Waals surface area contributed by atoms with Crippen LogP contribution in [-0.2, 0) is 19.7 Å². The standard InChI is InChI=1S/C11H15BrN2O4S2/c1-18-13-11(15)8-3-2-6-14(7-8)20(16,17)10-5-4-9(12)19-10/h4-5,8H,2-3,6-7H2,1H3,(H,13,15). The average molecular weight is 383 g/mol. The maximum Gasteiger partial charge on any atom is 0.252 e. The number of halogens is 1. The van der Waals surface area contributed by atoms with E-state index < -0.39 is 10.0 Å². The van der Waals surface area contributed by atoms with Crippen LogP contribution in [0.15, 0.2) is 20.1 Å². The second kappa shape index (κ2) is 6.52. The zero-order valence-electron chi connectivity index (χ0n) is 10.8. The number of carbonyl (C=O) groups excluding carboxylic acids is 1. The summed E-state index contributed by atoms with van der Waals surface area (Å²) in [4.78, 5) is 16.3. The number of piperidine rings is 1. The minimum absolute atomic E-state index is 0.188. The summed E-state index contributed by atoms with van der Waals surface area (Å²) in [6, 6.07) is 3.28. The lowest BCUT2D eigenvalue weighted by Gasteiger charge is -2.30. The van der Waals surface area contributed by atoms with E-state index in [1.54, 1.807) is 12.1 Å². The molecule has 0 bridgehead atoms. The third-order valence-corrected chi connectivity index (χ3v) is 7.06. The zero-order chi connectivity index (χ0) is 14.8. The van der Waals surface area contributed by atoms with Gasteiger partial charge >= 0.3 is 0 Å². The summed E-state index contributed by atoms with van der Waals surface area (Å²) in [6.07, 6.45) is 1.32. The van der Waals surface area contributed by atoms with E-state index in [4.69, 9.17) is 0 Å². The molecule has 1 amide bonds. The molecule has 1 aromatic heterocycles. The van der Waals surface area contributed by atoms with Gasteiger partial charge in [-0.3, -0.25) is 9.63 Å². The minimum Gasteiger partial charge on any atom is -0.277 e. The van der Waals surface area contributed by atoms with Crippen LogP contribution in [0.25, 0.3) is 0 Å². The van der Waals surface area contributed by atoms with Gasteiger partial charge in [0.1, 0.15) is 4.21 Å². The lowest BCUT2D eigenvalue weighted by atomic mass is 9.99. The van der Waals surface area contributed by atoms with Crippen LogP contribution in [0.3, 0.4) is 0 Å². The molecule has 0 aliphatic carbocycles. The molecule has 1 atom stereocenters. The first-order chi connectivity index (χ1) is 9.45. The molecule has 112 valence electrons. The summed E-state index contributed by atoms with van der Waals surface area (Å²) in [5.41, 5.74) is 2.27. The number of sulfonamides is 1. The van der Waals surface area contributed by atoms with E-state index in [1.807, 2.05) is 0 Å². The van der Waals surface area contributed by atoms with Gasteiger partial charge < -0.3 is 0 Å². The Morgan fingerprint density at radius 3 is 2.90 bits per heavy atom. The molecule has 1 saturated heterocycles. The summed E-state index contributed by atoms with van der Waals surface area (Å²) in [5, 5.41) is 0. The molecule has 1 N–H and O–H groups in total. The number of hydrogen-bond donors (Lipinski definition) is 1. The molecule has 6 nitrogen and oxygen atoms in total. The van der Waals surface area contributed by atoms with Crippen LogP contribution < -0.4 is 5.48 Å². The van der Waals surface area contributed by atoms with Crippen LogP contribution in [0.2, 0.25) is 0 Å². The molecule has 0 aromatic carbocycles. The number of hydroxylamine groups is 1. The first-order valence-corrected chi connectivity index (χ1v) is 9.08. The minimum atomic E-state index is -3.52. The summed E-state index contributed by atoms with van der Waals surface area (Å²) in [6.45, 7) is 0.627. The fraction of sp³-hybridized carbons (Fsp3) is 0.545. The second-order valence-corrected chi connectivity index (χ2v) is 9.06. The molecule has 0 saturated carbocycles. The van der Waals surface area contributed by atoms with E-state index in [1.165, 1.54) is 22.8 Å². The van der Waals surface area contributed by atoms with E-state index in [0.717, 1.165) is 3.79 Å². The van der Waals surface area contributed by atoms with E-state index >= 15 is 0 Å². The monoisotopic (exact) mass is 382 g/mol. The highest BCUT2D eigenvalue weighted by Gasteiger charge is 2.34. The van der Waals surface area contributed by atoms with Crippen LogP contribution in [0.5, 0.6) is 0 Å². The Bertz CT molecular complexity index is 587. The largest absolute Gasteiger partial charge is 0.277 e. The van der Waals surface area contributed by atoms with Crippen molar-refractivity contribution < 1.29 is 18.0 Å². The molecule has 0 radical (unpaired) electrons. The molecule has 1 aliphatic heterocycles. The number of hydrogen-bond acceptors (Lipinski definition) is 5. The highest BCUT2D eigenvalue weighted by molar-refractivity contribution is 9.11. The molecular weight excluding hydrogens is 368 g/mol. The van der Waals surface area contributed by atoms with E-state index in [2.05, 4.69) is 26.2 Å². The Hall–Kier alpha value is -0.480. The Kier molecular flexibility index (Phi) is 5.19. The van der Waals surface area contributed by atoms with Gasteiger partial charge in [0.2, 0.25) is 5.91 Å². The van der Waals surface area contributed by atoms with Gasteiger partial charge in [0.15, 0.2) is 0 Å². The molecule has 1 aliphatic rings. The quantitative estimate of drug-likeness (QED) is 0.802. The lowest BCUT2D eigenvalue weighted by molar-refractivity contribution is -0.136. The van der Waals surface area contributed by atoms with Crippen LogP contribution in [0.1, 0.15) is 12.8 Å². The average Bonchev–Trinajstić information content (AvgIpc) is 2.86. The van der Waals surface area contributed by atoms with Gasteiger partial charge in [-0.2, -0.15) is 4.31 Å². The van der Waals surface area contributed by atoms with Crippen molar-refractivity contribution in [2.24, 2.45) is 5.92 Å². The molecule has 20 heavy (non-hydrogen) atoms. The Labute approximate surface area is 130 Å². The fourth-order valence-electron chi connectivity index (χ4n) is 2.12. The van der Waals surface area contributed by atoms with Gasteiger partial charge in [-0.15, -0.1) is 11.3 Å². The predicted octanol–water partition coefficient (Wildman–Crippen LogP) is 1.59. The summed E-state index contributed by atoms with van der Waals surface area (Å²) in [7, 11) is -2.16. The van der Waals surface area contributed by atoms with Crippen LogP contribution in [0.4, 0.5) is 0 Å². The lowest BCUT2D eigenvalue weighted by Crippen LogP contribution is -2.45. The number of nitrogens with zero attached hydrogens (tertiary/aromatic N) is 1. The van der Waals surface area contributed by atoms with Gasteiger partial charge in [-0.05, 0) is 40.9 Å². The maximum absolute atomic E-state index is 12.5. The molecule has 1 fully saturated rings. The van der Waals surface area contributed by atoms with Crippen molar-refractivity contribution in [2.45, 2.75) is 17.1 Å². The van der Waals surface area contributed by atoms with Crippen LogP contribution >= 0.6 is 27.3 Å². The van der Waals surface area contributed by atoms with E-state index in [0.29, 0.717) is 19.4 Å². The van der Waals surface area contributed by atoms with Crippen molar-refractivity contribution in [2.75, 3.05) is 20.2 Å². The summed E-state index contributed by atoms with van der Waals surface area (Å²) >= 11 is 4.43. The normalized spacial score (nSPS) is 20.8. The molecule has 2 rings (SSSR count). The van der Waals surface area contributed by atoms with E-state index in [9.17, 15) is 13.2 Å². The van der Waals surface area contributed by atoms with Gasteiger partial charge in [-0.25, -0.2) is 13.9 Å². The molecular formula is C11H15BrN2O4S2. The molecule has 0 spiro atoms. The SMILES string of the molecule is CONC(=O)C1CCCN(S(=O)(=O)c2ccc(Br)s2)C1. The van der Waals surface area contributed by atoms with Gasteiger partial charge in [0.05, 0.1) is 16.8 Å². The van der Waals surface area contributed by atoms with Crippen molar-refractivity contribution >= 4 is 43.2 Å². The zero-order valence-corrected chi connectivity index (χ0v) is 14.1. The van der Waals surface area contributed by atoms with Crippen molar-refractivity contribution in [3.05, 3.63) is 15.9 Å². The van der Waals surface area contributed by atoms with Crippen LogP contribution in [0, 0.1) is 5.92 Å². The van der Waals surface area contributed by atoms with E-state index in [-0.39, 0.29) is 22.6 Å². The topological polar surface area (TPSA) is 75.7 Å². The van der Waals surface area contributed by atoms with Crippen molar-refractivity contribution in [1.82, 2.24) is 9.79 Å². The Balaban J connectivity index is 2.14. The van der Waals surface area contributed by atoms with Crippen LogP contribution in [-0.4, -0.2) is 38.8 Å². The smallest absolute Gasteiger partial charge is 0.252 e. The van der Waals surface area contributed by atoms with Gasteiger partial charge in [-0.1, -0.05) is 0 Å². The molecule has 2 heterocycles. The number of thiophene rings is 1. The van der Waals surface area contributed by atoms with Gasteiger partial charge in [0, 0.05) is 13.1 Å². The summed E-state index contributed by atoms with van der Waals surface area (Å²) < 4.78 is 27.4. The second-order valence-electron chi connectivity index (χ2n) is 4.43. The van der Waals surface area contributed by atoms with Crippen molar-refractivity contribution in [1.29, 1.82) is 0 Å². The highest BCUT2D eigenvalue weighted by atomic mass is 79.9. The molecule has 1 aromatic rings. The number of nitrogens with one attached hydrogen (secondary N) is 1. The Morgan fingerprint density at radius 1 is 1.55 bits per heavy atom. The third-order valence-electron chi connectivity index (χ3n) is 3.10. The Morgan fingerprint density at radius 2 is 2.30 bits per heavy atom. The maximum atomic E-state index is 12.5. The predicted molar refractivity (Wildman–Crippen MR) is 78.7 cm³/mol.